The summed E-state index contributed by atoms with van der Waals surface area (Å²) in [6.45, 7) is 4.55. The highest BCUT2D eigenvalue weighted by atomic mass is 16.3. The zero-order chi connectivity index (χ0) is 11.3. The van der Waals surface area contributed by atoms with Crippen molar-refractivity contribution in [2.24, 2.45) is 0 Å². The van der Waals surface area contributed by atoms with Crippen LogP contribution in [0, 0.1) is 13.8 Å². The predicted octanol–water partition coefficient (Wildman–Crippen LogP) is 1.42. The number of hydrogen-bond donors (Lipinski definition) is 2. The van der Waals surface area contributed by atoms with E-state index in [2.05, 4.69) is 5.32 Å². The lowest BCUT2D eigenvalue weighted by molar-refractivity contribution is 0.0950. The summed E-state index contributed by atoms with van der Waals surface area (Å²) in [4.78, 5) is 11.7. The van der Waals surface area contributed by atoms with Crippen molar-refractivity contribution in [1.82, 2.24) is 5.32 Å². The molecule has 0 unspecified atom stereocenters. The molecule has 1 rings (SSSR count). The molecule has 0 heterocycles. The molecule has 2 N–H and O–H groups in total. The van der Waals surface area contributed by atoms with Gasteiger partial charge in [-0.05, 0) is 37.5 Å². The first-order chi connectivity index (χ1) is 7.16. The summed E-state index contributed by atoms with van der Waals surface area (Å²) in [5.41, 5.74) is 2.84. The van der Waals surface area contributed by atoms with Crippen LogP contribution in [0.5, 0.6) is 0 Å². The zero-order valence-electron chi connectivity index (χ0n) is 9.21. The second-order valence-corrected chi connectivity index (χ2v) is 3.58. The summed E-state index contributed by atoms with van der Waals surface area (Å²) in [7, 11) is 0. The second kappa shape index (κ2) is 5.51. The quantitative estimate of drug-likeness (QED) is 0.733. The molecule has 82 valence electrons. The van der Waals surface area contributed by atoms with Gasteiger partial charge in [0.05, 0.1) is 0 Å². The lowest BCUT2D eigenvalue weighted by Gasteiger charge is -2.08. The SMILES string of the molecule is Cc1cccc(C(=O)NCCCO)c1C. The largest absolute Gasteiger partial charge is 0.396 e. The van der Waals surface area contributed by atoms with Gasteiger partial charge in [0.25, 0.3) is 5.91 Å². The van der Waals surface area contributed by atoms with Crippen LogP contribution in [0.3, 0.4) is 0 Å². The van der Waals surface area contributed by atoms with Crippen LogP contribution in [-0.4, -0.2) is 24.2 Å². The summed E-state index contributed by atoms with van der Waals surface area (Å²) in [6, 6.07) is 5.68. The van der Waals surface area contributed by atoms with Gasteiger partial charge in [0, 0.05) is 18.7 Å². The minimum atomic E-state index is -0.0651. The number of benzene rings is 1. The van der Waals surface area contributed by atoms with Crippen LogP contribution < -0.4 is 5.32 Å². The van der Waals surface area contributed by atoms with E-state index in [1.807, 2.05) is 32.0 Å². The van der Waals surface area contributed by atoms with Gasteiger partial charge in [-0.2, -0.15) is 0 Å². The molecule has 0 aliphatic carbocycles. The zero-order valence-corrected chi connectivity index (χ0v) is 9.21. The molecule has 0 spiro atoms. The summed E-state index contributed by atoms with van der Waals surface area (Å²) in [5.74, 6) is -0.0651. The van der Waals surface area contributed by atoms with Crippen molar-refractivity contribution >= 4 is 5.91 Å². The highest BCUT2D eigenvalue weighted by molar-refractivity contribution is 5.95. The predicted molar refractivity (Wildman–Crippen MR) is 60.0 cm³/mol. The first kappa shape index (κ1) is 11.7. The number of nitrogens with one attached hydrogen (secondary N) is 1. The average molecular weight is 207 g/mol. The highest BCUT2D eigenvalue weighted by Crippen LogP contribution is 2.12. The Morgan fingerprint density at radius 2 is 2.13 bits per heavy atom. The standard InChI is InChI=1S/C12H17NO2/c1-9-5-3-6-11(10(9)2)12(15)13-7-4-8-14/h3,5-6,14H,4,7-8H2,1-2H3,(H,13,15). The van der Waals surface area contributed by atoms with Gasteiger partial charge >= 0.3 is 0 Å². The van der Waals surface area contributed by atoms with Crippen LogP contribution >= 0.6 is 0 Å². The Labute approximate surface area is 90.1 Å². The molecule has 0 radical (unpaired) electrons. The van der Waals surface area contributed by atoms with Gasteiger partial charge in [0.15, 0.2) is 0 Å². The summed E-state index contributed by atoms with van der Waals surface area (Å²) < 4.78 is 0. The second-order valence-electron chi connectivity index (χ2n) is 3.58. The molecule has 3 nitrogen and oxygen atoms in total. The molecule has 0 bridgehead atoms. The molecular formula is C12H17NO2. The summed E-state index contributed by atoms with van der Waals surface area (Å²) in [5, 5.41) is 11.4. The first-order valence-corrected chi connectivity index (χ1v) is 5.12. The number of carbonyl (C=O) groups is 1. The van der Waals surface area contributed by atoms with Crippen molar-refractivity contribution in [2.75, 3.05) is 13.2 Å². The smallest absolute Gasteiger partial charge is 0.251 e. The number of amides is 1. The maximum atomic E-state index is 11.7. The van der Waals surface area contributed by atoms with Crippen molar-refractivity contribution in [1.29, 1.82) is 0 Å². The minimum Gasteiger partial charge on any atom is -0.396 e. The van der Waals surface area contributed by atoms with Crippen molar-refractivity contribution < 1.29 is 9.90 Å². The van der Waals surface area contributed by atoms with E-state index in [1.165, 1.54) is 0 Å². The minimum absolute atomic E-state index is 0.0651. The molecule has 0 aliphatic rings. The van der Waals surface area contributed by atoms with E-state index in [-0.39, 0.29) is 12.5 Å². The van der Waals surface area contributed by atoms with E-state index in [1.54, 1.807) is 0 Å². The fourth-order valence-electron chi connectivity index (χ4n) is 1.37. The van der Waals surface area contributed by atoms with E-state index < -0.39 is 0 Å². The lowest BCUT2D eigenvalue weighted by atomic mass is 10.0. The Morgan fingerprint density at radius 1 is 1.40 bits per heavy atom. The van der Waals surface area contributed by atoms with E-state index >= 15 is 0 Å². The van der Waals surface area contributed by atoms with Crippen LogP contribution in [0.1, 0.15) is 27.9 Å². The Morgan fingerprint density at radius 3 is 2.80 bits per heavy atom. The van der Waals surface area contributed by atoms with Gasteiger partial charge in [-0.15, -0.1) is 0 Å². The number of aliphatic hydroxyl groups is 1. The van der Waals surface area contributed by atoms with Crippen molar-refractivity contribution in [3.8, 4) is 0 Å². The fraction of sp³-hybridized carbons (Fsp3) is 0.417. The van der Waals surface area contributed by atoms with Gasteiger partial charge in [0.2, 0.25) is 0 Å². The van der Waals surface area contributed by atoms with Crippen LogP contribution in [0.25, 0.3) is 0 Å². The van der Waals surface area contributed by atoms with Crippen molar-refractivity contribution in [2.45, 2.75) is 20.3 Å². The van der Waals surface area contributed by atoms with Gasteiger partial charge in [-0.1, -0.05) is 12.1 Å². The number of carbonyl (C=O) groups excluding carboxylic acids is 1. The molecule has 3 heteroatoms. The van der Waals surface area contributed by atoms with Gasteiger partial charge in [0.1, 0.15) is 0 Å². The Hall–Kier alpha value is -1.35. The number of aryl methyl sites for hydroxylation is 1. The third-order valence-electron chi connectivity index (χ3n) is 2.47. The Kier molecular flexibility index (Phi) is 4.31. The van der Waals surface area contributed by atoms with E-state index in [4.69, 9.17) is 5.11 Å². The van der Waals surface area contributed by atoms with E-state index in [0.29, 0.717) is 18.5 Å². The molecule has 0 aromatic heterocycles. The van der Waals surface area contributed by atoms with Crippen LogP contribution in [0.4, 0.5) is 0 Å². The molecule has 1 aromatic rings. The Bertz CT molecular complexity index is 347. The maximum Gasteiger partial charge on any atom is 0.251 e. The van der Waals surface area contributed by atoms with Gasteiger partial charge in [-0.25, -0.2) is 0 Å². The van der Waals surface area contributed by atoms with E-state index in [9.17, 15) is 4.79 Å². The molecule has 1 aromatic carbocycles. The molecule has 0 aliphatic heterocycles. The normalized spacial score (nSPS) is 10.1. The maximum absolute atomic E-state index is 11.7. The third-order valence-corrected chi connectivity index (χ3v) is 2.47. The number of aliphatic hydroxyl groups excluding tert-OH is 1. The molecule has 0 saturated heterocycles. The first-order valence-electron chi connectivity index (χ1n) is 5.12. The van der Waals surface area contributed by atoms with Crippen molar-refractivity contribution in [3.63, 3.8) is 0 Å². The molecule has 1 amide bonds. The van der Waals surface area contributed by atoms with Crippen molar-refractivity contribution in [3.05, 3.63) is 34.9 Å². The third kappa shape index (κ3) is 3.06. The highest BCUT2D eigenvalue weighted by Gasteiger charge is 2.08. The summed E-state index contributed by atoms with van der Waals surface area (Å²) >= 11 is 0. The number of rotatable bonds is 4. The van der Waals surface area contributed by atoms with Crippen LogP contribution in [-0.2, 0) is 0 Å². The molecule has 0 saturated carbocycles. The molecular weight excluding hydrogens is 190 g/mol. The molecule has 15 heavy (non-hydrogen) atoms. The topological polar surface area (TPSA) is 49.3 Å². The average Bonchev–Trinajstić information content (AvgIpc) is 2.22. The van der Waals surface area contributed by atoms with Crippen LogP contribution in [0.2, 0.25) is 0 Å². The lowest BCUT2D eigenvalue weighted by Crippen LogP contribution is -2.25. The van der Waals surface area contributed by atoms with Crippen LogP contribution in [0.15, 0.2) is 18.2 Å². The number of hydrogen-bond acceptors (Lipinski definition) is 2. The van der Waals surface area contributed by atoms with Gasteiger partial charge in [-0.3, -0.25) is 4.79 Å². The molecule has 0 fully saturated rings. The van der Waals surface area contributed by atoms with E-state index in [0.717, 1.165) is 11.1 Å². The Balaban J connectivity index is 2.69. The fourth-order valence-corrected chi connectivity index (χ4v) is 1.37. The summed E-state index contributed by atoms with van der Waals surface area (Å²) in [6.07, 6.45) is 0.594. The van der Waals surface area contributed by atoms with Gasteiger partial charge < -0.3 is 10.4 Å². The monoisotopic (exact) mass is 207 g/mol. The molecule has 0 atom stereocenters.